The lowest BCUT2D eigenvalue weighted by atomic mass is 9.94. The number of rotatable bonds is 7. The Morgan fingerprint density at radius 3 is 2.31 bits per heavy atom. The van der Waals surface area contributed by atoms with E-state index in [0.29, 0.717) is 0 Å². The number of halogens is 4. The zero-order valence-corrected chi connectivity index (χ0v) is 23.0. The summed E-state index contributed by atoms with van der Waals surface area (Å²) in [5.41, 5.74) is -0.0834. The molecule has 8 nitrogen and oxygen atoms in total. The molecule has 1 aliphatic heterocycles. The highest BCUT2D eigenvalue weighted by atomic mass is 35.5. The van der Waals surface area contributed by atoms with Crippen LogP contribution in [0.15, 0.2) is 48.0 Å². The van der Waals surface area contributed by atoms with E-state index in [4.69, 9.17) is 49.0 Å². The van der Waals surface area contributed by atoms with Gasteiger partial charge < -0.3 is 24.4 Å². The van der Waals surface area contributed by atoms with Gasteiger partial charge in [0.2, 0.25) is 0 Å². The molecule has 1 aliphatic rings. The highest BCUT2D eigenvalue weighted by Crippen LogP contribution is 2.49. The summed E-state index contributed by atoms with van der Waals surface area (Å²) in [6.45, 7) is 1.92. The third-order valence-electron chi connectivity index (χ3n) is 6.02. The number of phenolic OH excluding ortho intramolecular Hbond substituents is 1. The summed E-state index contributed by atoms with van der Waals surface area (Å²) >= 11 is 18.7. The minimum Gasteiger partial charge on any atom is -0.507 e. The van der Waals surface area contributed by atoms with Crippen LogP contribution < -0.4 is 19.1 Å². The number of amides is 1. The van der Waals surface area contributed by atoms with Gasteiger partial charge in [0.15, 0.2) is 23.0 Å². The zero-order valence-electron chi connectivity index (χ0n) is 20.7. The van der Waals surface area contributed by atoms with Gasteiger partial charge >= 0.3 is 0 Å². The highest BCUT2D eigenvalue weighted by molar-refractivity contribution is 6.52. The lowest BCUT2D eigenvalue weighted by Gasteiger charge is -2.26. The van der Waals surface area contributed by atoms with Crippen molar-refractivity contribution in [1.29, 1.82) is 0 Å². The molecule has 1 atom stereocenters. The van der Waals surface area contributed by atoms with Crippen molar-refractivity contribution in [2.24, 2.45) is 0 Å². The fourth-order valence-electron chi connectivity index (χ4n) is 4.31. The number of benzene rings is 3. The second-order valence-corrected chi connectivity index (χ2v) is 9.41. The largest absolute Gasteiger partial charge is 0.507 e. The maximum Gasteiger partial charge on any atom is 0.300 e. The van der Waals surface area contributed by atoms with Crippen molar-refractivity contribution in [1.82, 2.24) is 0 Å². The molecule has 0 radical (unpaired) electrons. The van der Waals surface area contributed by atoms with Crippen LogP contribution in [0.2, 0.25) is 15.1 Å². The summed E-state index contributed by atoms with van der Waals surface area (Å²) in [5, 5.41) is 21.4. The summed E-state index contributed by atoms with van der Waals surface area (Å²) < 4.78 is 30.0. The van der Waals surface area contributed by atoms with E-state index >= 15 is 0 Å². The topological polar surface area (TPSA) is 106 Å². The van der Waals surface area contributed by atoms with Crippen molar-refractivity contribution in [3.8, 4) is 23.0 Å². The normalized spacial score (nSPS) is 16.5. The molecule has 1 fully saturated rings. The quantitative estimate of drug-likeness (QED) is 0.181. The van der Waals surface area contributed by atoms with E-state index < -0.39 is 29.3 Å². The van der Waals surface area contributed by atoms with E-state index in [-0.39, 0.29) is 67.1 Å². The molecule has 3 aromatic rings. The monoisotopic (exact) mass is 595 g/mol. The molecule has 0 aromatic heterocycles. The van der Waals surface area contributed by atoms with Crippen molar-refractivity contribution >= 4 is 57.9 Å². The second kappa shape index (κ2) is 11.2. The Bertz CT molecular complexity index is 1530. The smallest absolute Gasteiger partial charge is 0.300 e. The molecule has 0 saturated carbocycles. The van der Waals surface area contributed by atoms with Gasteiger partial charge in [0.25, 0.3) is 11.7 Å². The lowest BCUT2D eigenvalue weighted by Crippen LogP contribution is -2.29. The van der Waals surface area contributed by atoms with Crippen LogP contribution in [0, 0.1) is 5.82 Å². The lowest BCUT2D eigenvalue weighted by molar-refractivity contribution is -0.132. The third kappa shape index (κ3) is 4.93. The maximum absolute atomic E-state index is 14.0. The second-order valence-electron chi connectivity index (χ2n) is 8.21. The molecule has 4 rings (SSSR count). The molecule has 2 N–H and O–H groups in total. The van der Waals surface area contributed by atoms with Crippen molar-refractivity contribution in [2.75, 3.05) is 25.7 Å². The Morgan fingerprint density at radius 2 is 1.69 bits per heavy atom. The number of carbonyl (C=O) groups is 2. The molecular weight excluding hydrogens is 576 g/mol. The van der Waals surface area contributed by atoms with Crippen molar-refractivity contribution < 1.29 is 38.4 Å². The Morgan fingerprint density at radius 1 is 1.00 bits per heavy atom. The first kappa shape index (κ1) is 28.4. The molecule has 0 spiro atoms. The van der Waals surface area contributed by atoms with Crippen LogP contribution in [-0.2, 0) is 9.59 Å². The molecule has 39 heavy (non-hydrogen) atoms. The standard InChI is InChI=1S/C27H21Cl3FNO7/c1-4-39-19-9-12(5-8-18(19)33)22-20(23(34)14-11-16(29)26(38-3)21(30)25(14)37-2)24(35)27(36)32(22)13-6-7-17(31)15(28)10-13/h5-11,22,33-34H,4H2,1-3H3/b23-20+. The van der Waals surface area contributed by atoms with Crippen molar-refractivity contribution in [3.05, 3.63) is 80.0 Å². The van der Waals surface area contributed by atoms with Gasteiger partial charge in [-0.25, -0.2) is 4.39 Å². The predicted octanol–water partition coefficient (Wildman–Crippen LogP) is 6.53. The molecule has 1 amide bonds. The summed E-state index contributed by atoms with van der Waals surface area (Å²) in [6, 6.07) is 7.70. The van der Waals surface area contributed by atoms with Crippen LogP contribution in [0.1, 0.15) is 24.1 Å². The molecular formula is C27H21Cl3FNO7. The molecule has 0 bridgehead atoms. The molecule has 3 aromatic carbocycles. The van der Waals surface area contributed by atoms with E-state index in [1.165, 1.54) is 50.6 Å². The number of anilines is 1. The predicted molar refractivity (Wildman–Crippen MR) is 145 cm³/mol. The summed E-state index contributed by atoms with van der Waals surface area (Å²) in [5.74, 6) is -3.57. The number of aliphatic hydroxyl groups excluding tert-OH is 1. The first-order valence-electron chi connectivity index (χ1n) is 11.4. The van der Waals surface area contributed by atoms with Gasteiger partial charge in [-0.3, -0.25) is 14.5 Å². The van der Waals surface area contributed by atoms with Crippen molar-refractivity contribution in [3.63, 3.8) is 0 Å². The van der Waals surface area contributed by atoms with Gasteiger partial charge in [-0.05, 0) is 48.9 Å². The number of carbonyl (C=O) groups excluding carboxylic acids is 2. The van der Waals surface area contributed by atoms with Crippen LogP contribution >= 0.6 is 34.8 Å². The number of ketones is 1. The number of methoxy groups -OCH3 is 2. The van der Waals surface area contributed by atoms with Crippen LogP contribution in [0.4, 0.5) is 10.1 Å². The molecule has 12 heteroatoms. The maximum atomic E-state index is 14.0. The number of hydrogen-bond donors (Lipinski definition) is 2. The van der Waals surface area contributed by atoms with Gasteiger partial charge in [0.05, 0.1) is 48.1 Å². The Kier molecular flexibility index (Phi) is 8.15. The minimum absolute atomic E-state index is 0.00390. The number of nitrogens with zero attached hydrogens (tertiary/aromatic N) is 1. The summed E-state index contributed by atoms with van der Waals surface area (Å²) in [7, 11) is 2.63. The first-order chi connectivity index (χ1) is 18.5. The van der Waals surface area contributed by atoms with Gasteiger partial charge in [-0.15, -0.1) is 0 Å². The van der Waals surface area contributed by atoms with Gasteiger partial charge in [-0.1, -0.05) is 40.9 Å². The number of hydrogen-bond acceptors (Lipinski definition) is 7. The molecule has 1 unspecified atom stereocenters. The van der Waals surface area contributed by atoms with Crippen LogP contribution in [0.25, 0.3) is 5.76 Å². The third-order valence-corrected chi connectivity index (χ3v) is 6.93. The molecule has 0 aliphatic carbocycles. The molecule has 204 valence electrons. The number of phenols is 1. The fraction of sp³-hybridized carbons (Fsp3) is 0.185. The molecule has 1 saturated heterocycles. The van der Waals surface area contributed by atoms with E-state index in [1.807, 2.05) is 0 Å². The summed E-state index contributed by atoms with van der Waals surface area (Å²) in [4.78, 5) is 27.9. The van der Waals surface area contributed by atoms with E-state index in [9.17, 15) is 24.2 Å². The van der Waals surface area contributed by atoms with E-state index in [1.54, 1.807) is 6.92 Å². The number of aromatic hydroxyl groups is 1. The van der Waals surface area contributed by atoms with Gasteiger partial charge in [0, 0.05) is 5.69 Å². The Hall–Kier alpha value is -3.66. The Balaban J connectivity index is 2.04. The van der Waals surface area contributed by atoms with Gasteiger partial charge in [-0.2, -0.15) is 0 Å². The average molecular weight is 597 g/mol. The Labute approximate surface area is 237 Å². The minimum atomic E-state index is -1.27. The van der Waals surface area contributed by atoms with E-state index in [0.717, 1.165) is 11.0 Å². The summed E-state index contributed by atoms with van der Waals surface area (Å²) in [6.07, 6.45) is 0. The van der Waals surface area contributed by atoms with Crippen molar-refractivity contribution in [2.45, 2.75) is 13.0 Å². The highest BCUT2D eigenvalue weighted by Gasteiger charge is 2.47. The van der Waals surface area contributed by atoms with E-state index in [2.05, 4.69) is 0 Å². The van der Waals surface area contributed by atoms with Crippen LogP contribution in [0.5, 0.6) is 23.0 Å². The molecule has 1 heterocycles. The average Bonchev–Trinajstić information content (AvgIpc) is 3.17. The SMILES string of the molecule is CCOc1cc(C2/C(=C(\O)c3cc(Cl)c(OC)c(Cl)c3OC)C(=O)C(=O)N2c2ccc(F)c(Cl)c2)ccc1O. The van der Waals surface area contributed by atoms with Crippen LogP contribution in [-0.4, -0.2) is 42.7 Å². The number of Topliss-reactive ketones (excluding diaryl/α,β-unsaturated/α-hetero) is 1. The zero-order chi connectivity index (χ0) is 28.6. The number of aliphatic hydroxyl groups is 1. The van der Waals surface area contributed by atoms with Crippen LogP contribution in [0.3, 0.4) is 0 Å². The first-order valence-corrected chi connectivity index (χ1v) is 12.5. The van der Waals surface area contributed by atoms with Gasteiger partial charge in [0.1, 0.15) is 16.6 Å². The fourth-order valence-corrected chi connectivity index (χ4v) is 5.17. The number of ether oxygens (including phenoxy) is 3.